The Hall–Kier alpha value is -0.960. The molecule has 3 heteroatoms. The molecule has 0 saturated heterocycles. The van der Waals surface area contributed by atoms with E-state index in [-0.39, 0.29) is 5.91 Å². The first-order valence-electron chi connectivity index (χ1n) is 8.25. The van der Waals surface area contributed by atoms with E-state index in [1.807, 2.05) is 18.2 Å². The van der Waals surface area contributed by atoms with Gasteiger partial charge in [0.1, 0.15) is 0 Å². The zero-order valence-electron chi connectivity index (χ0n) is 12.3. The van der Waals surface area contributed by atoms with Gasteiger partial charge in [-0.05, 0) is 67.9 Å². The molecule has 2 nitrogen and oxygen atoms in total. The number of amides is 1. The van der Waals surface area contributed by atoms with Gasteiger partial charge in [0.25, 0.3) is 0 Å². The molecule has 112 valence electrons. The lowest BCUT2D eigenvalue weighted by molar-refractivity contribution is -0.122. The summed E-state index contributed by atoms with van der Waals surface area (Å²) in [5.41, 5.74) is 0. The van der Waals surface area contributed by atoms with E-state index in [0.717, 1.165) is 23.7 Å². The van der Waals surface area contributed by atoms with E-state index in [2.05, 4.69) is 17.4 Å². The molecule has 0 atom stereocenters. The highest BCUT2D eigenvalue weighted by Crippen LogP contribution is 2.53. The average molecular weight is 301 g/mol. The van der Waals surface area contributed by atoms with E-state index in [1.165, 1.54) is 37.0 Å². The standard InChI is InChI=1S/C18H23NOS/c20-17(11-21-16-4-2-1-3-5-16)19-18-14-7-12-6-13(9-14)10-15(18)8-12/h1-5,12-15,18H,6-11H2,(H,19,20). The fourth-order valence-electron chi connectivity index (χ4n) is 5.05. The van der Waals surface area contributed by atoms with Gasteiger partial charge in [-0.1, -0.05) is 18.2 Å². The number of benzene rings is 1. The van der Waals surface area contributed by atoms with Gasteiger partial charge in [-0.2, -0.15) is 0 Å². The van der Waals surface area contributed by atoms with Crippen molar-refractivity contribution in [2.24, 2.45) is 23.7 Å². The Labute approximate surface area is 131 Å². The Kier molecular flexibility index (Phi) is 3.70. The predicted molar refractivity (Wildman–Crippen MR) is 86.1 cm³/mol. The number of hydrogen-bond donors (Lipinski definition) is 1. The first-order chi connectivity index (χ1) is 10.3. The van der Waals surface area contributed by atoms with Crippen LogP contribution in [0.25, 0.3) is 0 Å². The van der Waals surface area contributed by atoms with Crippen molar-refractivity contribution in [1.82, 2.24) is 5.32 Å². The van der Waals surface area contributed by atoms with Crippen molar-refractivity contribution in [1.29, 1.82) is 0 Å². The average Bonchev–Trinajstić information content (AvgIpc) is 2.49. The predicted octanol–water partition coefficient (Wildman–Crippen LogP) is 3.72. The minimum Gasteiger partial charge on any atom is -0.352 e. The molecule has 4 fully saturated rings. The fraction of sp³-hybridized carbons (Fsp3) is 0.611. The summed E-state index contributed by atoms with van der Waals surface area (Å²) in [7, 11) is 0. The minimum atomic E-state index is 0.223. The van der Waals surface area contributed by atoms with Gasteiger partial charge >= 0.3 is 0 Å². The Balaban J connectivity index is 1.33. The van der Waals surface area contributed by atoms with Crippen LogP contribution in [0.5, 0.6) is 0 Å². The summed E-state index contributed by atoms with van der Waals surface area (Å²) in [4.78, 5) is 13.5. The van der Waals surface area contributed by atoms with Crippen molar-refractivity contribution in [2.75, 3.05) is 5.75 Å². The zero-order chi connectivity index (χ0) is 14.2. The van der Waals surface area contributed by atoms with Crippen LogP contribution in [0.4, 0.5) is 0 Å². The van der Waals surface area contributed by atoms with Gasteiger partial charge < -0.3 is 5.32 Å². The molecule has 0 aromatic heterocycles. The molecule has 4 bridgehead atoms. The van der Waals surface area contributed by atoms with E-state index in [0.29, 0.717) is 11.8 Å². The second kappa shape index (κ2) is 5.68. The summed E-state index contributed by atoms with van der Waals surface area (Å²) in [6.45, 7) is 0. The van der Waals surface area contributed by atoms with Crippen LogP contribution in [-0.4, -0.2) is 17.7 Å². The summed E-state index contributed by atoms with van der Waals surface area (Å²) in [5, 5.41) is 3.37. The van der Waals surface area contributed by atoms with Crippen LogP contribution in [-0.2, 0) is 4.79 Å². The van der Waals surface area contributed by atoms with Gasteiger partial charge in [-0.15, -0.1) is 11.8 Å². The van der Waals surface area contributed by atoms with Crippen molar-refractivity contribution in [3.8, 4) is 0 Å². The Morgan fingerprint density at radius 3 is 2.24 bits per heavy atom. The molecule has 0 spiro atoms. The molecule has 1 aromatic carbocycles. The van der Waals surface area contributed by atoms with Crippen molar-refractivity contribution in [2.45, 2.75) is 43.0 Å². The van der Waals surface area contributed by atoms with Crippen LogP contribution in [0, 0.1) is 23.7 Å². The van der Waals surface area contributed by atoms with Crippen molar-refractivity contribution >= 4 is 17.7 Å². The number of carbonyl (C=O) groups excluding carboxylic acids is 1. The van der Waals surface area contributed by atoms with Crippen LogP contribution in [0.2, 0.25) is 0 Å². The Bertz CT molecular complexity index is 487. The topological polar surface area (TPSA) is 29.1 Å². The maximum Gasteiger partial charge on any atom is 0.230 e. The van der Waals surface area contributed by atoms with E-state index in [1.54, 1.807) is 11.8 Å². The first kappa shape index (κ1) is 13.7. The highest BCUT2D eigenvalue weighted by molar-refractivity contribution is 8.00. The summed E-state index contributed by atoms with van der Waals surface area (Å²) in [6, 6.07) is 10.7. The summed E-state index contributed by atoms with van der Waals surface area (Å²) >= 11 is 1.64. The quantitative estimate of drug-likeness (QED) is 0.859. The molecular formula is C18H23NOS. The van der Waals surface area contributed by atoms with Gasteiger partial charge in [-0.25, -0.2) is 0 Å². The largest absolute Gasteiger partial charge is 0.352 e. The smallest absolute Gasteiger partial charge is 0.230 e. The lowest BCUT2D eigenvalue weighted by Gasteiger charge is -2.54. The number of carbonyl (C=O) groups is 1. The third-order valence-electron chi connectivity index (χ3n) is 5.67. The fourth-order valence-corrected chi connectivity index (χ4v) is 5.78. The molecule has 0 radical (unpaired) electrons. The van der Waals surface area contributed by atoms with Crippen molar-refractivity contribution < 1.29 is 4.79 Å². The van der Waals surface area contributed by atoms with Gasteiger partial charge in [-0.3, -0.25) is 4.79 Å². The molecular weight excluding hydrogens is 278 g/mol. The second-order valence-corrected chi connectivity index (χ2v) is 8.17. The lowest BCUT2D eigenvalue weighted by Crippen LogP contribution is -2.56. The highest BCUT2D eigenvalue weighted by atomic mass is 32.2. The lowest BCUT2D eigenvalue weighted by atomic mass is 9.54. The van der Waals surface area contributed by atoms with Gasteiger partial charge in [0, 0.05) is 10.9 Å². The van der Waals surface area contributed by atoms with Gasteiger partial charge in [0.15, 0.2) is 0 Å². The van der Waals surface area contributed by atoms with Gasteiger partial charge in [0.05, 0.1) is 5.75 Å². The summed E-state index contributed by atoms with van der Waals surface area (Å²) < 4.78 is 0. The maximum absolute atomic E-state index is 12.3. The van der Waals surface area contributed by atoms with Crippen LogP contribution in [0.15, 0.2) is 35.2 Å². The van der Waals surface area contributed by atoms with E-state index in [4.69, 9.17) is 0 Å². The van der Waals surface area contributed by atoms with E-state index < -0.39 is 0 Å². The molecule has 1 amide bonds. The summed E-state index contributed by atoms with van der Waals surface area (Å²) in [5.74, 6) is 4.26. The van der Waals surface area contributed by atoms with E-state index in [9.17, 15) is 4.79 Å². The monoisotopic (exact) mass is 301 g/mol. The molecule has 4 aliphatic carbocycles. The van der Waals surface area contributed by atoms with Crippen molar-refractivity contribution in [3.63, 3.8) is 0 Å². The molecule has 1 aromatic rings. The third-order valence-corrected chi connectivity index (χ3v) is 6.68. The number of rotatable bonds is 4. The maximum atomic E-state index is 12.3. The van der Waals surface area contributed by atoms with Crippen LogP contribution < -0.4 is 5.32 Å². The normalized spacial score (nSPS) is 36.7. The highest BCUT2D eigenvalue weighted by Gasteiger charge is 2.48. The second-order valence-electron chi connectivity index (χ2n) is 7.13. The molecule has 0 heterocycles. The molecule has 0 aliphatic heterocycles. The Morgan fingerprint density at radius 2 is 1.62 bits per heavy atom. The van der Waals surface area contributed by atoms with Crippen LogP contribution in [0.3, 0.4) is 0 Å². The van der Waals surface area contributed by atoms with Crippen LogP contribution in [0.1, 0.15) is 32.1 Å². The zero-order valence-corrected chi connectivity index (χ0v) is 13.1. The number of hydrogen-bond acceptors (Lipinski definition) is 2. The summed E-state index contributed by atoms with van der Waals surface area (Å²) in [6.07, 6.45) is 6.93. The van der Waals surface area contributed by atoms with E-state index >= 15 is 0 Å². The minimum absolute atomic E-state index is 0.223. The molecule has 4 aliphatic rings. The number of thioether (sulfide) groups is 1. The Morgan fingerprint density at radius 1 is 1.00 bits per heavy atom. The SMILES string of the molecule is O=C(CSc1ccccc1)NC1C2CC3CC(C2)CC1C3. The van der Waals surface area contributed by atoms with Crippen LogP contribution >= 0.6 is 11.8 Å². The number of nitrogens with one attached hydrogen (secondary N) is 1. The first-order valence-corrected chi connectivity index (χ1v) is 9.23. The van der Waals surface area contributed by atoms with Gasteiger partial charge in [0.2, 0.25) is 5.91 Å². The third kappa shape index (κ3) is 2.85. The molecule has 0 unspecified atom stereocenters. The molecule has 21 heavy (non-hydrogen) atoms. The molecule has 1 N–H and O–H groups in total. The molecule has 5 rings (SSSR count). The van der Waals surface area contributed by atoms with Crippen molar-refractivity contribution in [3.05, 3.63) is 30.3 Å². The molecule has 4 saturated carbocycles.